The van der Waals surface area contributed by atoms with E-state index in [2.05, 4.69) is 61.1 Å². The van der Waals surface area contributed by atoms with Crippen molar-refractivity contribution < 1.29 is 9.59 Å². The van der Waals surface area contributed by atoms with E-state index in [1.807, 2.05) is 25.1 Å². The van der Waals surface area contributed by atoms with Gasteiger partial charge in [0.15, 0.2) is 0 Å². The van der Waals surface area contributed by atoms with Gasteiger partial charge in [-0.15, -0.1) is 11.3 Å². The molecule has 8 heteroatoms. The molecule has 2 atom stereocenters. The van der Waals surface area contributed by atoms with Gasteiger partial charge in [-0.05, 0) is 35.6 Å². The van der Waals surface area contributed by atoms with Gasteiger partial charge in [0.25, 0.3) is 0 Å². The summed E-state index contributed by atoms with van der Waals surface area (Å²) < 4.78 is 0. The average Bonchev–Trinajstić information content (AvgIpc) is 3.39. The molecular weight excluding hydrogens is 446 g/mol. The molecule has 0 spiro atoms. The molecule has 0 saturated carbocycles. The van der Waals surface area contributed by atoms with E-state index in [1.54, 1.807) is 29.8 Å². The maximum Gasteiger partial charge on any atom is 0.309 e. The number of hydrogen-bond donors (Lipinski definition) is 2. The van der Waals surface area contributed by atoms with E-state index in [0.717, 1.165) is 38.3 Å². The van der Waals surface area contributed by atoms with Crippen LogP contribution in [0.1, 0.15) is 29.0 Å². The molecule has 1 aromatic carbocycles. The topological polar surface area (TPSA) is 77.6 Å². The maximum absolute atomic E-state index is 12.6. The Morgan fingerprint density at radius 2 is 1.74 bits per heavy atom. The molecule has 0 unspecified atom stereocenters. The Morgan fingerprint density at radius 1 is 0.971 bits per heavy atom. The Hall–Kier alpha value is -3.07. The molecule has 4 rings (SSSR count). The van der Waals surface area contributed by atoms with Crippen LogP contribution < -0.4 is 10.6 Å². The van der Waals surface area contributed by atoms with E-state index in [9.17, 15) is 9.59 Å². The number of nitrogens with one attached hydrogen (secondary N) is 2. The Balaban J connectivity index is 1.34. The molecule has 0 bridgehead atoms. The normalized spacial score (nSPS) is 16.5. The van der Waals surface area contributed by atoms with Crippen molar-refractivity contribution in [1.29, 1.82) is 0 Å². The zero-order valence-electron chi connectivity index (χ0n) is 19.4. The van der Waals surface area contributed by atoms with Crippen LogP contribution in [0.4, 0.5) is 0 Å². The van der Waals surface area contributed by atoms with Gasteiger partial charge >= 0.3 is 11.8 Å². The van der Waals surface area contributed by atoms with Crippen LogP contribution in [0.2, 0.25) is 0 Å². The number of carbonyl (C=O) groups excluding carboxylic acids is 2. The summed E-state index contributed by atoms with van der Waals surface area (Å²) in [5, 5.41) is 7.67. The van der Waals surface area contributed by atoms with Crippen LogP contribution in [-0.4, -0.2) is 58.8 Å². The molecule has 2 amide bonds. The fourth-order valence-corrected chi connectivity index (χ4v) is 5.32. The summed E-state index contributed by atoms with van der Waals surface area (Å²) in [5.41, 5.74) is 2.17. The van der Waals surface area contributed by atoms with Gasteiger partial charge in [-0.1, -0.05) is 42.5 Å². The van der Waals surface area contributed by atoms with Gasteiger partial charge in [-0.25, -0.2) is 0 Å². The number of carbonyl (C=O) groups is 2. The number of rotatable bonds is 8. The highest BCUT2D eigenvalue weighted by Crippen LogP contribution is 2.29. The quantitative estimate of drug-likeness (QED) is 0.488. The smallest absolute Gasteiger partial charge is 0.309 e. The van der Waals surface area contributed by atoms with Crippen molar-refractivity contribution in [1.82, 2.24) is 25.4 Å². The summed E-state index contributed by atoms with van der Waals surface area (Å²) in [5.74, 6) is -1.24. The summed E-state index contributed by atoms with van der Waals surface area (Å²) in [4.78, 5) is 35.1. The first kappa shape index (κ1) is 24.1. The van der Waals surface area contributed by atoms with Crippen molar-refractivity contribution in [3.8, 4) is 0 Å². The van der Waals surface area contributed by atoms with Gasteiger partial charge in [0.1, 0.15) is 0 Å². The standard InChI is InChI=1S/C26H31N5O2S/c1-20(29-26(33)25(32)28-18-22-9-5-11-27-17-22)24(23-10-6-16-34-23)31-14-12-30(13-15-31)19-21-7-3-2-4-8-21/h2-11,16-17,20,24H,12-15,18-19H2,1H3,(H,28,32)(H,29,33)/t20-,24-/m1/s1. The molecule has 0 aliphatic carbocycles. The van der Waals surface area contributed by atoms with Crippen LogP contribution in [0.25, 0.3) is 0 Å². The van der Waals surface area contributed by atoms with Gasteiger partial charge in [-0.2, -0.15) is 0 Å². The van der Waals surface area contributed by atoms with Crippen molar-refractivity contribution in [3.63, 3.8) is 0 Å². The van der Waals surface area contributed by atoms with Crippen LogP contribution in [-0.2, 0) is 22.7 Å². The number of nitrogens with zero attached hydrogens (tertiary/aromatic N) is 3. The SMILES string of the molecule is C[C@@H](NC(=O)C(=O)NCc1cccnc1)[C@H](c1cccs1)N1CCN(Cc2ccccc2)CC1. The Labute approximate surface area is 204 Å². The molecule has 1 aliphatic heterocycles. The second kappa shape index (κ2) is 11.9. The predicted molar refractivity (Wildman–Crippen MR) is 134 cm³/mol. The van der Waals surface area contributed by atoms with Crippen molar-refractivity contribution in [2.75, 3.05) is 26.2 Å². The first-order chi connectivity index (χ1) is 16.6. The Bertz CT molecular complexity index is 1040. The summed E-state index contributed by atoms with van der Waals surface area (Å²) in [7, 11) is 0. The van der Waals surface area contributed by atoms with Gasteiger partial charge < -0.3 is 10.6 Å². The highest BCUT2D eigenvalue weighted by molar-refractivity contribution is 7.10. The van der Waals surface area contributed by atoms with E-state index in [-0.39, 0.29) is 18.6 Å². The molecule has 3 heterocycles. The van der Waals surface area contributed by atoms with E-state index in [0.29, 0.717) is 0 Å². The number of piperazine rings is 1. The lowest BCUT2D eigenvalue weighted by molar-refractivity contribution is -0.140. The minimum Gasteiger partial charge on any atom is -0.344 e. The number of benzene rings is 1. The highest BCUT2D eigenvalue weighted by atomic mass is 32.1. The minimum atomic E-state index is -0.631. The summed E-state index contributed by atoms with van der Waals surface area (Å²) >= 11 is 1.69. The zero-order valence-corrected chi connectivity index (χ0v) is 20.2. The number of amides is 2. The molecule has 34 heavy (non-hydrogen) atoms. The fourth-order valence-electron chi connectivity index (χ4n) is 4.36. The number of hydrogen-bond acceptors (Lipinski definition) is 6. The average molecular weight is 478 g/mol. The maximum atomic E-state index is 12.6. The largest absolute Gasteiger partial charge is 0.344 e. The van der Waals surface area contributed by atoms with Gasteiger partial charge in [0, 0.05) is 62.6 Å². The predicted octanol–water partition coefficient (Wildman–Crippen LogP) is 2.82. The van der Waals surface area contributed by atoms with E-state index >= 15 is 0 Å². The van der Waals surface area contributed by atoms with Crippen molar-refractivity contribution >= 4 is 23.2 Å². The third-order valence-corrected chi connectivity index (χ3v) is 7.04. The summed E-state index contributed by atoms with van der Waals surface area (Å²) in [6.07, 6.45) is 3.34. The van der Waals surface area contributed by atoms with Crippen LogP contribution in [0.5, 0.6) is 0 Å². The molecule has 1 fully saturated rings. The molecular formula is C26H31N5O2S. The lowest BCUT2D eigenvalue weighted by atomic mass is 10.0. The lowest BCUT2D eigenvalue weighted by Crippen LogP contribution is -2.53. The first-order valence-electron chi connectivity index (χ1n) is 11.6. The molecule has 178 valence electrons. The lowest BCUT2D eigenvalue weighted by Gasteiger charge is -2.41. The third-order valence-electron chi connectivity index (χ3n) is 6.10. The van der Waals surface area contributed by atoms with Gasteiger partial charge in [0.2, 0.25) is 0 Å². The number of thiophene rings is 1. The van der Waals surface area contributed by atoms with Crippen LogP contribution in [0.3, 0.4) is 0 Å². The Kier molecular flexibility index (Phi) is 8.41. The number of aromatic nitrogens is 1. The van der Waals surface area contributed by atoms with Crippen molar-refractivity contribution in [2.24, 2.45) is 0 Å². The molecule has 1 aliphatic rings. The third kappa shape index (κ3) is 6.50. The molecule has 7 nitrogen and oxygen atoms in total. The second-order valence-corrected chi connectivity index (χ2v) is 9.54. The summed E-state index contributed by atoms with van der Waals surface area (Å²) in [6.45, 7) is 6.93. The molecule has 2 aromatic heterocycles. The van der Waals surface area contributed by atoms with Crippen LogP contribution >= 0.6 is 11.3 Å². The monoisotopic (exact) mass is 477 g/mol. The molecule has 3 aromatic rings. The van der Waals surface area contributed by atoms with Crippen molar-refractivity contribution in [3.05, 3.63) is 88.4 Å². The van der Waals surface area contributed by atoms with Crippen LogP contribution in [0, 0.1) is 0 Å². The highest BCUT2D eigenvalue weighted by Gasteiger charge is 2.31. The molecule has 2 N–H and O–H groups in total. The summed E-state index contributed by atoms with van der Waals surface area (Å²) in [6, 6.07) is 18.1. The van der Waals surface area contributed by atoms with E-state index in [1.165, 1.54) is 10.4 Å². The van der Waals surface area contributed by atoms with E-state index in [4.69, 9.17) is 0 Å². The van der Waals surface area contributed by atoms with Crippen LogP contribution in [0.15, 0.2) is 72.4 Å². The van der Waals surface area contributed by atoms with Crippen molar-refractivity contribution in [2.45, 2.75) is 32.1 Å². The van der Waals surface area contributed by atoms with E-state index < -0.39 is 11.8 Å². The Morgan fingerprint density at radius 3 is 2.41 bits per heavy atom. The second-order valence-electron chi connectivity index (χ2n) is 8.56. The van der Waals surface area contributed by atoms with Gasteiger partial charge in [-0.3, -0.25) is 24.4 Å². The first-order valence-corrected chi connectivity index (χ1v) is 12.5. The zero-order chi connectivity index (χ0) is 23.8. The molecule has 1 saturated heterocycles. The van der Waals surface area contributed by atoms with Gasteiger partial charge in [0.05, 0.1) is 6.04 Å². The number of pyridine rings is 1. The molecule has 0 radical (unpaired) electrons. The minimum absolute atomic E-state index is 0.0222. The fraction of sp³-hybridized carbons (Fsp3) is 0.346.